The fraction of sp³-hybridized carbons (Fsp3) is 0.357. The lowest BCUT2D eigenvalue weighted by molar-refractivity contribution is 0.182. The Morgan fingerprint density at radius 1 is 1.50 bits per heavy atom. The zero-order chi connectivity index (χ0) is 14.7. The molecule has 0 amide bonds. The quantitative estimate of drug-likeness (QED) is 0.892. The van der Waals surface area contributed by atoms with Crippen LogP contribution in [0, 0.1) is 6.92 Å². The highest BCUT2D eigenvalue weighted by atomic mass is 79.9. The third kappa shape index (κ3) is 3.23. The molecule has 6 heteroatoms. The van der Waals surface area contributed by atoms with E-state index in [9.17, 15) is 0 Å². The molecule has 0 bridgehead atoms. The average molecular weight is 359 g/mol. The first-order valence-electron chi connectivity index (χ1n) is 6.26. The monoisotopic (exact) mass is 357 g/mol. The molecule has 0 spiro atoms. The average Bonchev–Trinajstić information content (AvgIpc) is 2.77. The molecule has 0 saturated heterocycles. The van der Waals surface area contributed by atoms with Gasteiger partial charge in [-0.05, 0) is 46.1 Å². The number of halogens is 2. The Bertz CT molecular complexity index is 600. The van der Waals surface area contributed by atoms with Crippen LogP contribution < -0.4 is 5.73 Å². The summed E-state index contributed by atoms with van der Waals surface area (Å²) in [4.78, 5) is 0. The van der Waals surface area contributed by atoms with Crippen LogP contribution in [-0.2, 0) is 11.3 Å². The van der Waals surface area contributed by atoms with Gasteiger partial charge < -0.3 is 10.5 Å². The maximum absolute atomic E-state index is 6.41. The van der Waals surface area contributed by atoms with Crippen molar-refractivity contribution in [3.63, 3.8) is 0 Å². The van der Waals surface area contributed by atoms with Crippen molar-refractivity contribution in [2.24, 2.45) is 5.73 Å². The zero-order valence-corrected chi connectivity index (χ0v) is 13.8. The minimum absolute atomic E-state index is 0.263. The van der Waals surface area contributed by atoms with Gasteiger partial charge in [0.2, 0.25) is 0 Å². The molecule has 2 rings (SSSR count). The van der Waals surface area contributed by atoms with Gasteiger partial charge in [0.15, 0.2) is 0 Å². The Labute approximate surface area is 132 Å². The highest BCUT2D eigenvalue weighted by molar-refractivity contribution is 9.10. The van der Waals surface area contributed by atoms with E-state index in [0.717, 1.165) is 21.3 Å². The highest BCUT2D eigenvalue weighted by Gasteiger charge is 2.19. The second-order valence-electron chi connectivity index (χ2n) is 4.57. The molecule has 0 aliphatic carbocycles. The van der Waals surface area contributed by atoms with E-state index in [1.54, 1.807) is 13.3 Å². The molecule has 2 aromatic rings. The number of nitrogens with zero attached hydrogens (tertiary/aromatic N) is 2. The number of methoxy groups -OCH3 is 1. The van der Waals surface area contributed by atoms with Crippen molar-refractivity contribution in [1.82, 2.24) is 9.78 Å². The first kappa shape index (κ1) is 15.5. The topological polar surface area (TPSA) is 53.1 Å². The molecule has 1 heterocycles. The van der Waals surface area contributed by atoms with Crippen LogP contribution in [0.5, 0.6) is 0 Å². The number of rotatable bonds is 5. The van der Waals surface area contributed by atoms with Gasteiger partial charge >= 0.3 is 0 Å². The van der Waals surface area contributed by atoms with Crippen LogP contribution in [-0.4, -0.2) is 23.5 Å². The SMILES string of the molecule is COCCn1ncc(Br)c1C(N)c1ccc(Cl)cc1C. The fourth-order valence-electron chi connectivity index (χ4n) is 2.17. The van der Waals surface area contributed by atoms with E-state index in [4.69, 9.17) is 22.1 Å². The first-order chi connectivity index (χ1) is 9.54. The van der Waals surface area contributed by atoms with Crippen molar-refractivity contribution in [2.45, 2.75) is 19.5 Å². The molecule has 0 saturated carbocycles. The molecule has 0 fully saturated rings. The summed E-state index contributed by atoms with van der Waals surface area (Å²) in [6.07, 6.45) is 1.76. The number of benzene rings is 1. The Hall–Kier alpha value is -0.880. The van der Waals surface area contributed by atoms with Gasteiger partial charge in [0.1, 0.15) is 0 Å². The van der Waals surface area contributed by atoms with Gasteiger partial charge in [-0.3, -0.25) is 4.68 Å². The molecule has 1 unspecified atom stereocenters. The van der Waals surface area contributed by atoms with E-state index in [1.165, 1.54) is 0 Å². The van der Waals surface area contributed by atoms with Gasteiger partial charge in [-0.2, -0.15) is 5.10 Å². The van der Waals surface area contributed by atoms with E-state index >= 15 is 0 Å². The Kier molecular flexibility index (Phi) is 5.21. The number of hydrogen-bond acceptors (Lipinski definition) is 3. The third-order valence-electron chi connectivity index (χ3n) is 3.20. The molecule has 0 aliphatic heterocycles. The minimum Gasteiger partial charge on any atom is -0.383 e. The van der Waals surface area contributed by atoms with E-state index in [0.29, 0.717) is 18.2 Å². The molecular weight excluding hydrogens is 342 g/mol. The smallest absolute Gasteiger partial charge is 0.0740 e. The maximum atomic E-state index is 6.41. The summed E-state index contributed by atoms with van der Waals surface area (Å²) in [5, 5.41) is 5.04. The molecule has 0 aliphatic rings. The molecular formula is C14H17BrClN3O. The molecule has 2 N–H and O–H groups in total. The van der Waals surface area contributed by atoms with Gasteiger partial charge in [-0.25, -0.2) is 0 Å². The van der Waals surface area contributed by atoms with Crippen LogP contribution in [0.4, 0.5) is 0 Å². The lowest BCUT2D eigenvalue weighted by Crippen LogP contribution is -2.20. The summed E-state index contributed by atoms with van der Waals surface area (Å²) < 4.78 is 7.87. The second-order valence-corrected chi connectivity index (χ2v) is 5.86. The highest BCUT2D eigenvalue weighted by Crippen LogP contribution is 2.29. The van der Waals surface area contributed by atoms with Gasteiger partial charge in [-0.1, -0.05) is 17.7 Å². The summed E-state index contributed by atoms with van der Waals surface area (Å²) >= 11 is 9.51. The van der Waals surface area contributed by atoms with Gasteiger partial charge in [0.25, 0.3) is 0 Å². The van der Waals surface area contributed by atoms with Crippen LogP contribution in [0.25, 0.3) is 0 Å². The predicted molar refractivity (Wildman–Crippen MR) is 84.0 cm³/mol. The summed E-state index contributed by atoms with van der Waals surface area (Å²) in [6.45, 7) is 3.26. The Morgan fingerprint density at radius 3 is 2.90 bits per heavy atom. The third-order valence-corrected chi connectivity index (χ3v) is 4.05. The lowest BCUT2D eigenvalue weighted by Gasteiger charge is -2.17. The molecule has 1 aromatic carbocycles. The van der Waals surface area contributed by atoms with Crippen molar-refractivity contribution in [3.05, 3.63) is 50.7 Å². The number of aromatic nitrogens is 2. The number of ether oxygens (including phenoxy) is 1. The molecule has 108 valence electrons. The number of hydrogen-bond donors (Lipinski definition) is 1. The molecule has 1 atom stereocenters. The van der Waals surface area contributed by atoms with E-state index in [-0.39, 0.29) is 6.04 Å². The number of aryl methyl sites for hydroxylation is 1. The van der Waals surface area contributed by atoms with Gasteiger partial charge in [-0.15, -0.1) is 0 Å². The molecule has 0 radical (unpaired) electrons. The molecule has 1 aromatic heterocycles. The fourth-order valence-corrected chi connectivity index (χ4v) is 2.94. The summed E-state index contributed by atoms with van der Waals surface area (Å²) in [5.41, 5.74) is 9.45. The van der Waals surface area contributed by atoms with Crippen LogP contribution in [0.2, 0.25) is 5.02 Å². The standard InChI is InChI=1S/C14H17BrClN3O/c1-9-7-10(16)3-4-11(9)13(17)14-12(15)8-18-19(14)5-6-20-2/h3-4,7-8,13H,5-6,17H2,1-2H3. The Balaban J connectivity index is 2.37. The van der Waals surface area contributed by atoms with E-state index < -0.39 is 0 Å². The molecule has 20 heavy (non-hydrogen) atoms. The summed E-state index contributed by atoms with van der Waals surface area (Å²) in [7, 11) is 1.67. The summed E-state index contributed by atoms with van der Waals surface area (Å²) in [6, 6.07) is 5.47. The van der Waals surface area contributed by atoms with Crippen molar-refractivity contribution in [3.8, 4) is 0 Å². The maximum Gasteiger partial charge on any atom is 0.0740 e. The van der Waals surface area contributed by atoms with Crippen LogP contribution in [0.1, 0.15) is 22.9 Å². The van der Waals surface area contributed by atoms with Crippen molar-refractivity contribution < 1.29 is 4.74 Å². The molecule has 4 nitrogen and oxygen atoms in total. The van der Waals surface area contributed by atoms with E-state index in [1.807, 2.05) is 29.8 Å². The largest absolute Gasteiger partial charge is 0.383 e. The van der Waals surface area contributed by atoms with Gasteiger partial charge in [0, 0.05) is 12.1 Å². The van der Waals surface area contributed by atoms with Crippen molar-refractivity contribution >= 4 is 27.5 Å². The zero-order valence-electron chi connectivity index (χ0n) is 11.4. The Morgan fingerprint density at radius 2 is 2.25 bits per heavy atom. The van der Waals surface area contributed by atoms with Crippen LogP contribution in [0.3, 0.4) is 0 Å². The normalized spacial score (nSPS) is 12.7. The first-order valence-corrected chi connectivity index (χ1v) is 7.43. The van der Waals surface area contributed by atoms with Crippen molar-refractivity contribution in [2.75, 3.05) is 13.7 Å². The second kappa shape index (κ2) is 6.72. The van der Waals surface area contributed by atoms with Crippen LogP contribution in [0.15, 0.2) is 28.9 Å². The minimum atomic E-state index is -0.263. The van der Waals surface area contributed by atoms with Crippen molar-refractivity contribution in [1.29, 1.82) is 0 Å². The van der Waals surface area contributed by atoms with Crippen LogP contribution >= 0.6 is 27.5 Å². The van der Waals surface area contributed by atoms with E-state index in [2.05, 4.69) is 21.0 Å². The number of nitrogens with two attached hydrogens (primary N) is 1. The van der Waals surface area contributed by atoms with Gasteiger partial charge in [0.05, 0.1) is 35.6 Å². The lowest BCUT2D eigenvalue weighted by atomic mass is 9.99. The summed E-state index contributed by atoms with van der Waals surface area (Å²) in [5.74, 6) is 0. The predicted octanol–water partition coefficient (Wildman–Crippen LogP) is 3.30.